The van der Waals surface area contributed by atoms with Gasteiger partial charge in [-0.1, -0.05) is 30.3 Å². The highest BCUT2D eigenvalue weighted by Gasteiger charge is 2.13. The Labute approximate surface area is 119 Å². The number of carbonyl (C=O) groups is 2. The predicted molar refractivity (Wildman–Crippen MR) is 78.2 cm³/mol. The zero-order valence-corrected chi connectivity index (χ0v) is 12.4. The summed E-state index contributed by atoms with van der Waals surface area (Å²) in [6.07, 6.45) is -0.387. The molecule has 3 amide bonds. The average Bonchev–Trinajstić information content (AvgIpc) is 2.36. The van der Waals surface area contributed by atoms with E-state index in [-0.39, 0.29) is 11.7 Å². The summed E-state index contributed by atoms with van der Waals surface area (Å²) in [7, 11) is 1.54. The summed E-state index contributed by atoms with van der Waals surface area (Å²) < 4.78 is 4.84. The van der Waals surface area contributed by atoms with Crippen LogP contribution in [0.25, 0.3) is 0 Å². The minimum atomic E-state index is -0.492. The van der Waals surface area contributed by atoms with E-state index in [4.69, 9.17) is 10.5 Å². The van der Waals surface area contributed by atoms with Crippen LogP contribution in [0.1, 0.15) is 26.3 Å². The number of nitrogens with one attached hydrogen (secondary N) is 2. The summed E-state index contributed by atoms with van der Waals surface area (Å²) in [6.45, 7) is 5.96. The van der Waals surface area contributed by atoms with Crippen LogP contribution in [-0.2, 0) is 11.3 Å². The molecule has 0 atom stereocenters. The van der Waals surface area contributed by atoms with Gasteiger partial charge in [0.2, 0.25) is 0 Å². The first-order chi connectivity index (χ1) is 9.24. The minimum Gasteiger partial charge on any atom is -0.444 e. The molecule has 0 aliphatic rings. The van der Waals surface area contributed by atoms with Gasteiger partial charge in [-0.25, -0.2) is 9.59 Å². The Morgan fingerprint density at radius 3 is 2.10 bits per heavy atom. The zero-order chi connectivity index (χ0) is 15.6. The van der Waals surface area contributed by atoms with E-state index in [2.05, 4.69) is 10.6 Å². The maximum absolute atomic E-state index is 10.5. The van der Waals surface area contributed by atoms with Crippen LogP contribution in [0.3, 0.4) is 0 Å². The van der Waals surface area contributed by atoms with Crippen LogP contribution in [0, 0.1) is 0 Å². The lowest BCUT2D eigenvalue weighted by Gasteiger charge is -2.18. The lowest BCUT2D eigenvalue weighted by Crippen LogP contribution is -2.30. The molecule has 0 radical (unpaired) electrons. The molecular formula is C14H23N3O3. The molecule has 1 rings (SSSR count). The van der Waals surface area contributed by atoms with Crippen molar-refractivity contribution in [1.29, 1.82) is 0 Å². The molecule has 0 heterocycles. The number of hydrogen-bond acceptors (Lipinski definition) is 3. The molecule has 0 spiro atoms. The van der Waals surface area contributed by atoms with Gasteiger partial charge in [0.15, 0.2) is 0 Å². The first kappa shape index (κ1) is 17.8. The van der Waals surface area contributed by atoms with Gasteiger partial charge in [0.1, 0.15) is 5.60 Å². The van der Waals surface area contributed by atoms with Crippen molar-refractivity contribution in [2.75, 3.05) is 7.05 Å². The largest absolute Gasteiger partial charge is 0.444 e. The van der Waals surface area contributed by atoms with Gasteiger partial charge < -0.3 is 21.1 Å². The molecule has 0 aliphatic carbocycles. The second-order valence-electron chi connectivity index (χ2n) is 4.96. The molecule has 6 nitrogen and oxygen atoms in total. The lowest BCUT2D eigenvalue weighted by molar-refractivity contribution is 0.0541. The molecule has 6 heteroatoms. The summed E-state index contributed by atoms with van der Waals surface area (Å²) in [5.41, 5.74) is 5.55. The van der Waals surface area contributed by atoms with E-state index in [1.54, 1.807) is 0 Å². The molecule has 0 bridgehead atoms. The van der Waals surface area contributed by atoms with Crippen molar-refractivity contribution in [2.24, 2.45) is 5.73 Å². The van der Waals surface area contributed by atoms with Gasteiger partial charge >= 0.3 is 12.1 Å². The highest BCUT2D eigenvalue weighted by Crippen LogP contribution is 2.05. The van der Waals surface area contributed by atoms with Crippen molar-refractivity contribution in [1.82, 2.24) is 10.6 Å². The van der Waals surface area contributed by atoms with Crippen LogP contribution in [-0.4, -0.2) is 24.8 Å². The quantitative estimate of drug-likeness (QED) is 0.774. The van der Waals surface area contributed by atoms with E-state index in [1.165, 1.54) is 7.05 Å². The lowest BCUT2D eigenvalue weighted by atomic mass is 10.2. The van der Waals surface area contributed by atoms with E-state index in [9.17, 15) is 9.59 Å². The molecule has 0 unspecified atom stereocenters. The Kier molecular flexibility index (Phi) is 7.81. The van der Waals surface area contributed by atoms with Crippen LogP contribution in [0.15, 0.2) is 30.3 Å². The molecule has 112 valence electrons. The van der Waals surface area contributed by atoms with Gasteiger partial charge in [0.05, 0.1) is 0 Å². The fourth-order valence-electron chi connectivity index (χ4n) is 1.11. The van der Waals surface area contributed by atoms with E-state index in [1.807, 2.05) is 51.1 Å². The smallest absolute Gasteiger partial charge is 0.407 e. The van der Waals surface area contributed by atoms with Crippen molar-refractivity contribution < 1.29 is 14.3 Å². The first-order valence-corrected chi connectivity index (χ1v) is 6.22. The Balaban J connectivity index is 0.000000370. The molecule has 20 heavy (non-hydrogen) atoms. The van der Waals surface area contributed by atoms with Crippen LogP contribution in [0.4, 0.5) is 9.59 Å². The molecule has 4 N–H and O–H groups in total. The molecule has 0 aromatic heterocycles. The van der Waals surface area contributed by atoms with E-state index in [0.717, 1.165) is 5.56 Å². The third-order valence-electron chi connectivity index (χ3n) is 1.91. The van der Waals surface area contributed by atoms with E-state index < -0.39 is 6.03 Å². The number of benzene rings is 1. The van der Waals surface area contributed by atoms with E-state index >= 15 is 0 Å². The third-order valence-corrected chi connectivity index (χ3v) is 1.91. The Hall–Kier alpha value is -2.24. The van der Waals surface area contributed by atoms with Crippen molar-refractivity contribution in [3.8, 4) is 0 Å². The average molecular weight is 281 g/mol. The van der Waals surface area contributed by atoms with Crippen molar-refractivity contribution in [2.45, 2.75) is 32.9 Å². The van der Waals surface area contributed by atoms with Gasteiger partial charge in [-0.05, 0) is 26.3 Å². The first-order valence-electron chi connectivity index (χ1n) is 6.22. The number of ether oxygens (including phenoxy) is 1. The topological polar surface area (TPSA) is 93.4 Å². The standard InChI is InChI=1S/C8H10N2O.C6H13NO2/c9-8(11)10-6-7-4-2-1-3-5-7;1-6(2,3)9-5(8)7-4/h1-5H,6H2,(H3,9,10,11);1-4H3,(H,7,8). The SMILES string of the molecule is CNC(=O)OC(C)(C)C.NC(=O)NCc1ccccc1. The van der Waals surface area contributed by atoms with Gasteiger partial charge in [0.25, 0.3) is 0 Å². The van der Waals surface area contributed by atoms with Gasteiger partial charge in [0, 0.05) is 13.6 Å². The number of nitrogens with two attached hydrogens (primary N) is 1. The van der Waals surface area contributed by atoms with Crippen molar-refractivity contribution >= 4 is 12.1 Å². The fourth-order valence-corrected chi connectivity index (χ4v) is 1.11. The number of rotatable bonds is 2. The maximum Gasteiger partial charge on any atom is 0.407 e. The molecular weight excluding hydrogens is 258 g/mol. The highest BCUT2D eigenvalue weighted by molar-refractivity contribution is 5.71. The maximum atomic E-state index is 10.5. The molecule has 0 saturated carbocycles. The molecule has 0 aliphatic heterocycles. The van der Waals surface area contributed by atoms with E-state index in [0.29, 0.717) is 6.54 Å². The molecule has 0 saturated heterocycles. The van der Waals surface area contributed by atoms with Crippen LogP contribution in [0.2, 0.25) is 0 Å². The van der Waals surface area contributed by atoms with Gasteiger partial charge in [-0.2, -0.15) is 0 Å². The molecule has 0 fully saturated rings. The molecule has 1 aromatic rings. The van der Waals surface area contributed by atoms with Crippen molar-refractivity contribution in [3.05, 3.63) is 35.9 Å². The fraction of sp³-hybridized carbons (Fsp3) is 0.429. The summed E-state index contributed by atoms with van der Waals surface area (Å²) in [6, 6.07) is 9.12. The Morgan fingerprint density at radius 1 is 1.20 bits per heavy atom. The number of alkyl carbamates (subject to hydrolysis) is 1. The Morgan fingerprint density at radius 2 is 1.75 bits per heavy atom. The van der Waals surface area contributed by atoms with Crippen LogP contribution in [0.5, 0.6) is 0 Å². The summed E-state index contributed by atoms with van der Waals surface area (Å²) in [5.74, 6) is 0. The Bertz CT molecular complexity index is 413. The van der Waals surface area contributed by atoms with Crippen LogP contribution >= 0.6 is 0 Å². The van der Waals surface area contributed by atoms with Crippen molar-refractivity contribution in [3.63, 3.8) is 0 Å². The summed E-state index contributed by atoms with van der Waals surface area (Å²) >= 11 is 0. The zero-order valence-electron chi connectivity index (χ0n) is 12.4. The summed E-state index contributed by atoms with van der Waals surface area (Å²) in [4.78, 5) is 20.8. The number of carbonyl (C=O) groups excluding carboxylic acids is 2. The number of primary amides is 1. The predicted octanol–water partition coefficient (Wildman–Crippen LogP) is 2.00. The molecule has 1 aromatic carbocycles. The minimum absolute atomic E-state index is 0.387. The third kappa shape index (κ3) is 10.9. The van der Waals surface area contributed by atoms with Crippen LogP contribution < -0.4 is 16.4 Å². The van der Waals surface area contributed by atoms with Gasteiger partial charge in [-0.3, -0.25) is 0 Å². The van der Waals surface area contributed by atoms with Gasteiger partial charge in [-0.15, -0.1) is 0 Å². The number of urea groups is 1. The number of amides is 3. The second kappa shape index (κ2) is 8.79. The highest BCUT2D eigenvalue weighted by atomic mass is 16.6. The second-order valence-corrected chi connectivity index (χ2v) is 4.96. The monoisotopic (exact) mass is 281 g/mol. The normalized spacial score (nSPS) is 9.80. The summed E-state index contributed by atoms with van der Waals surface area (Å²) in [5, 5.41) is 4.86. The number of hydrogen-bond donors (Lipinski definition) is 3.